The normalized spacial score (nSPS) is 23.9. The van der Waals surface area contributed by atoms with Crippen molar-refractivity contribution in [3.05, 3.63) is 48.3 Å². The Morgan fingerprint density at radius 1 is 1.22 bits per heavy atom. The fourth-order valence-electron chi connectivity index (χ4n) is 3.68. The lowest BCUT2D eigenvalue weighted by atomic mass is 9.89. The average Bonchev–Trinajstić information content (AvgIpc) is 3.18. The van der Waals surface area contributed by atoms with Gasteiger partial charge in [0.1, 0.15) is 11.4 Å². The molecule has 1 saturated heterocycles. The highest BCUT2D eigenvalue weighted by molar-refractivity contribution is 6.00. The Hall–Kier alpha value is -2.14. The van der Waals surface area contributed by atoms with Gasteiger partial charge in [-0.3, -0.25) is 14.4 Å². The molecule has 0 aliphatic carbocycles. The number of hydrogen-bond acceptors (Lipinski definition) is 4. The maximum Gasteiger partial charge on any atom is 0.170 e. The van der Waals surface area contributed by atoms with Gasteiger partial charge < -0.3 is 4.74 Å². The molecule has 2 aromatic rings. The molecule has 0 saturated carbocycles. The first kappa shape index (κ1) is 14.5. The first-order valence-corrected chi connectivity index (χ1v) is 8.25. The minimum atomic E-state index is -0.322. The summed E-state index contributed by atoms with van der Waals surface area (Å²) in [6.45, 7) is 3.78. The number of benzene rings is 1. The van der Waals surface area contributed by atoms with Crippen LogP contribution in [0.1, 0.15) is 29.6 Å². The Balaban J connectivity index is 1.37. The smallest absolute Gasteiger partial charge is 0.170 e. The molecule has 1 fully saturated rings. The minimum Gasteiger partial charge on any atom is -0.485 e. The van der Waals surface area contributed by atoms with Gasteiger partial charge in [-0.05, 0) is 24.6 Å². The van der Waals surface area contributed by atoms with Crippen LogP contribution in [0.3, 0.4) is 0 Å². The Morgan fingerprint density at radius 2 is 2.13 bits per heavy atom. The Labute approximate surface area is 135 Å². The van der Waals surface area contributed by atoms with E-state index in [0.29, 0.717) is 6.42 Å². The number of rotatable bonds is 4. The summed E-state index contributed by atoms with van der Waals surface area (Å²) in [5.74, 6) is 0.965. The first-order chi connectivity index (χ1) is 11.2. The minimum absolute atomic E-state index is 0.213. The van der Waals surface area contributed by atoms with Gasteiger partial charge in [-0.1, -0.05) is 12.1 Å². The van der Waals surface area contributed by atoms with Gasteiger partial charge in [0, 0.05) is 45.0 Å². The number of hydrogen-bond donors (Lipinski definition) is 0. The second-order valence-electron chi connectivity index (χ2n) is 6.53. The summed E-state index contributed by atoms with van der Waals surface area (Å²) in [4.78, 5) is 14.8. The molecule has 0 amide bonds. The van der Waals surface area contributed by atoms with E-state index in [0.717, 1.165) is 50.3 Å². The Kier molecular flexibility index (Phi) is 3.65. The lowest BCUT2D eigenvalue weighted by Gasteiger charge is -2.34. The zero-order valence-corrected chi connectivity index (χ0v) is 13.1. The largest absolute Gasteiger partial charge is 0.485 e. The molecule has 0 radical (unpaired) electrons. The van der Waals surface area contributed by atoms with Crippen LogP contribution in [0.5, 0.6) is 5.75 Å². The standard InChI is InChI=1S/C18H21N3O2/c22-16-13-18(23-17-6-2-1-5-15(16)17)7-12-20(14-18)9-4-11-21-10-3-8-19-21/h1-3,5-6,8,10H,4,7,9,11-14H2/t18-/m1/s1. The van der Waals surface area contributed by atoms with E-state index in [1.807, 2.05) is 47.4 Å². The predicted molar refractivity (Wildman–Crippen MR) is 86.6 cm³/mol. The van der Waals surface area contributed by atoms with Crippen molar-refractivity contribution in [2.75, 3.05) is 19.6 Å². The molecule has 1 spiro atoms. The zero-order chi connectivity index (χ0) is 15.7. The third-order valence-electron chi connectivity index (χ3n) is 4.81. The molecule has 4 rings (SSSR count). The molecule has 0 unspecified atom stereocenters. The van der Waals surface area contributed by atoms with Gasteiger partial charge in [0.15, 0.2) is 5.78 Å². The third-order valence-corrected chi connectivity index (χ3v) is 4.81. The lowest BCUT2D eigenvalue weighted by molar-refractivity contribution is 0.0459. The molecule has 2 aliphatic heterocycles. The van der Waals surface area contributed by atoms with Gasteiger partial charge in [0.05, 0.1) is 12.0 Å². The van der Waals surface area contributed by atoms with E-state index in [4.69, 9.17) is 4.74 Å². The first-order valence-electron chi connectivity index (χ1n) is 8.25. The van der Waals surface area contributed by atoms with Gasteiger partial charge in [0.25, 0.3) is 0 Å². The topological polar surface area (TPSA) is 47.4 Å². The zero-order valence-electron chi connectivity index (χ0n) is 13.1. The molecule has 1 aromatic carbocycles. The average molecular weight is 311 g/mol. The second kappa shape index (κ2) is 5.81. The van der Waals surface area contributed by atoms with Gasteiger partial charge >= 0.3 is 0 Å². The summed E-state index contributed by atoms with van der Waals surface area (Å²) in [5.41, 5.74) is 0.409. The monoisotopic (exact) mass is 311 g/mol. The van der Waals surface area contributed by atoms with E-state index < -0.39 is 0 Å². The number of Topliss-reactive ketones (excluding diaryl/α,β-unsaturated/α-hetero) is 1. The highest BCUT2D eigenvalue weighted by atomic mass is 16.5. The highest BCUT2D eigenvalue weighted by Gasteiger charge is 2.45. The number of para-hydroxylation sites is 1. The predicted octanol–water partition coefficient (Wildman–Crippen LogP) is 2.38. The Morgan fingerprint density at radius 3 is 3.00 bits per heavy atom. The van der Waals surface area contributed by atoms with E-state index in [2.05, 4.69) is 10.00 Å². The fourth-order valence-corrected chi connectivity index (χ4v) is 3.68. The lowest BCUT2D eigenvalue weighted by Crippen LogP contribution is -2.44. The third kappa shape index (κ3) is 2.88. The van der Waals surface area contributed by atoms with Gasteiger partial charge in [-0.25, -0.2) is 0 Å². The maximum atomic E-state index is 12.4. The molecule has 23 heavy (non-hydrogen) atoms. The summed E-state index contributed by atoms with van der Waals surface area (Å²) in [7, 11) is 0. The second-order valence-corrected chi connectivity index (χ2v) is 6.53. The number of carbonyl (C=O) groups excluding carboxylic acids is 1. The SMILES string of the molecule is O=C1C[C@@]2(CCN(CCCn3cccn3)C2)Oc2ccccc21. The molecule has 0 bridgehead atoms. The number of likely N-dealkylation sites (tertiary alicyclic amines) is 1. The van der Waals surface area contributed by atoms with Crippen molar-refractivity contribution < 1.29 is 9.53 Å². The molecule has 2 aliphatic rings. The van der Waals surface area contributed by atoms with Gasteiger partial charge in [-0.15, -0.1) is 0 Å². The molecule has 1 atom stereocenters. The molecule has 120 valence electrons. The number of aryl methyl sites for hydroxylation is 1. The number of aromatic nitrogens is 2. The van der Waals surface area contributed by atoms with Crippen LogP contribution in [0.2, 0.25) is 0 Å². The van der Waals surface area contributed by atoms with Crippen LogP contribution in [-0.4, -0.2) is 45.7 Å². The number of ketones is 1. The van der Waals surface area contributed by atoms with Gasteiger partial charge in [0.2, 0.25) is 0 Å². The van der Waals surface area contributed by atoms with Crippen molar-refractivity contribution in [1.82, 2.24) is 14.7 Å². The van der Waals surface area contributed by atoms with Crippen LogP contribution in [0.4, 0.5) is 0 Å². The van der Waals surface area contributed by atoms with E-state index in [1.54, 1.807) is 0 Å². The van der Waals surface area contributed by atoms with Gasteiger partial charge in [-0.2, -0.15) is 5.10 Å². The van der Waals surface area contributed by atoms with Crippen molar-refractivity contribution in [3.63, 3.8) is 0 Å². The Bertz CT molecular complexity index is 698. The van der Waals surface area contributed by atoms with Crippen molar-refractivity contribution in [2.45, 2.75) is 31.4 Å². The van der Waals surface area contributed by atoms with E-state index in [-0.39, 0.29) is 11.4 Å². The molecular weight excluding hydrogens is 290 g/mol. The number of ether oxygens (including phenoxy) is 1. The van der Waals surface area contributed by atoms with Crippen LogP contribution in [0.25, 0.3) is 0 Å². The van der Waals surface area contributed by atoms with Crippen molar-refractivity contribution in [3.8, 4) is 5.75 Å². The number of fused-ring (bicyclic) bond motifs is 1. The van der Waals surface area contributed by atoms with Crippen molar-refractivity contribution in [2.24, 2.45) is 0 Å². The molecule has 5 heteroatoms. The van der Waals surface area contributed by atoms with Crippen LogP contribution >= 0.6 is 0 Å². The fraction of sp³-hybridized carbons (Fsp3) is 0.444. The quantitative estimate of drug-likeness (QED) is 0.870. The molecule has 0 N–H and O–H groups in total. The molecular formula is C18H21N3O2. The van der Waals surface area contributed by atoms with Crippen LogP contribution < -0.4 is 4.74 Å². The summed E-state index contributed by atoms with van der Waals surface area (Å²) < 4.78 is 8.21. The highest BCUT2D eigenvalue weighted by Crippen LogP contribution is 2.38. The van der Waals surface area contributed by atoms with Crippen molar-refractivity contribution >= 4 is 5.78 Å². The molecule has 5 nitrogen and oxygen atoms in total. The summed E-state index contributed by atoms with van der Waals surface area (Å²) in [6.07, 6.45) is 6.28. The molecule has 1 aromatic heterocycles. The van der Waals surface area contributed by atoms with Crippen molar-refractivity contribution in [1.29, 1.82) is 0 Å². The number of carbonyl (C=O) groups is 1. The van der Waals surface area contributed by atoms with Crippen LogP contribution in [0, 0.1) is 0 Å². The summed E-state index contributed by atoms with van der Waals surface area (Å²) >= 11 is 0. The number of nitrogens with zero attached hydrogens (tertiary/aromatic N) is 3. The maximum absolute atomic E-state index is 12.4. The van der Waals surface area contributed by atoms with E-state index in [1.165, 1.54) is 0 Å². The van der Waals surface area contributed by atoms with Crippen LogP contribution in [0.15, 0.2) is 42.7 Å². The van der Waals surface area contributed by atoms with Crippen LogP contribution in [-0.2, 0) is 6.54 Å². The molecule has 3 heterocycles. The summed E-state index contributed by atoms with van der Waals surface area (Å²) in [5, 5.41) is 4.23. The van der Waals surface area contributed by atoms with E-state index >= 15 is 0 Å². The summed E-state index contributed by atoms with van der Waals surface area (Å²) in [6, 6.07) is 9.55. The van der Waals surface area contributed by atoms with E-state index in [9.17, 15) is 4.79 Å².